The lowest BCUT2D eigenvalue weighted by molar-refractivity contribution is 0.0911. The van der Waals surface area contributed by atoms with E-state index in [2.05, 4.69) is 20.7 Å². The van der Waals surface area contributed by atoms with Gasteiger partial charge in [-0.3, -0.25) is 4.79 Å². The zero-order valence-electron chi connectivity index (χ0n) is 15.5. The van der Waals surface area contributed by atoms with Crippen LogP contribution in [-0.4, -0.2) is 43.6 Å². The predicted molar refractivity (Wildman–Crippen MR) is 101 cm³/mol. The van der Waals surface area contributed by atoms with Gasteiger partial charge in [0.1, 0.15) is 17.2 Å². The maximum Gasteiger partial charge on any atom is 0.329 e. The van der Waals surface area contributed by atoms with Crippen LogP contribution in [0.4, 0.5) is 0 Å². The van der Waals surface area contributed by atoms with E-state index in [-0.39, 0.29) is 11.7 Å². The van der Waals surface area contributed by atoms with Gasteiger partial charge in [0.2, 0.25) is 5.82 Å². The second kappa shape index (κ2) is 8.67. The maximum atomic E-state index is 12.1. The van der Waals surface area contributed by atoms with Crippen LogP contribution >= 0.6 is 0 Å². The number of hydrogen-bond donors (Lipinski definition) is 1. The molecule has 9 nitrogen and oxygen atoms in total. The highest BCUT2D eigenvalue weighted by molar-refractivity contribution is 5.91. The number of nitrogens with zero attached hydrogens (tertiary/aromatic N) is 3. The molecule has 0 saturated heterocycles. The fraction of sp³-hybridized carbons (Fsp3) is 0.158. The van der Waals surface area contributed by atoms with Crippen LogP contribution in [0.3, 0.4) is 0 Å². The quantitative estimate of drug-likeness (QED) is 0.494. The van der Waals surface area contributed by atoms with Gasteiger partial charge in [-0.05, 0) is 36.4 Å². The number of ether oxygens (including phenoxy) is 3. The average Bonchev–Trinajstić information content (AvgIpc) is 3.24. The van der Waals surface area contributed by atoms with Gasteiger partial charge in [0.05, 0.1) is 27.5 Å². The summed E-state index contributed by atoms with van der Waals surface area (Å²) in [5.41, 5.74) is 3.71. The Kier molecular flexibility index (Phi) is 5.85. The summed E-state index contributed by atoms with van der Waals surface area (Å²) in [4.78, 5) is 16.2. The van der Waals surface area contributed by atoms with Crippen molar-refractivity contribution in [1.82, 2.24) is 15.6 Å². The number of benzene rings is 2. The molecule has 0 radical (unpaired) electrons. The van der Waals surface area contributed by atoms with Gasteiger partial charge in [0, 0.05) is 17.2 Å². The van der Waals surface area contributed by atoms with Crippen molar-refractivity contribution in [2.24, 2.45) is 5.10 Å². The van der Waals surface area contributed by atoms with E-state index in [0.29, 0.717) is 28.4 Å². The minimum Gasteiger partial charge on any atom is -0.497 e. The first-order valence-corrected chi connectivity index (χ1v) is 8.17. The van der Waals surface area contributed by atoms with Gasteiger partial charge < -0.3 is 18.7 Å². The van der Waals surface area contributed by atoms with Crippen molar-refractivity contribution in [1.29, 1.82) is 0 Å². The van der Waals surface area contributed by atoms with Crippen molar-refractivity contribution >= 4 is 12.1 Å². The highest BCUT2D eigenvalue weighted by Crippen LogP contribution is 2.21. The van der Waals surface area contributed by atoms with Crippen LogP contribution < -0.4 is 19.6 Å². The molecular formula is C19H18N4O5. The molecule has 1 N–H and O–H groups in total. The number of nitrogens with one attached hydrogen (secondary N) is 1. The van der Waals surface area contributed by atoms with E-state index in [0.717, 1.165) is 0 Å². The van der Waals surface area contributed by atoms with Crippen molar-refractivity contribution < 1.29 is 23.5 Å². The second-order valence-electron chi connectivity index (χ2n) is 5.50. The molecule has 144 valence electrons. The van der Waals surface area contributed by atoms with Crippen molar-refractivity contribution in [2.75, 3.05) is 21.3 Å². The lowest BCUT2D eigenvalue weighted by atomic mass is 10.2. The van der Waals surface area contributed by atoms with Crippen molar-refractivity contribution in [3.63, 3.8) is 0 Å². The Balaban J connectivity index is 1.67. The summed E-state index contributed by atoms with van der Waals surface area (Å²) in [5, 5.41) is 7.70. The monoisotopic (exact) mass is 382 g/mol. The number of hydrogen-bond acceptors (Lipinski definition) is 8. The van der Waals surface area contributed by atoms with E-state index in [9.17, 15) is 4.79 Å². The first-order chi connectivity index (χ1) is 13.6. The standard InChI is InChI=1S/C19H18N4O5/c1-25-14-6-4-13(5-7-14)17-21-19(28-23-17)18(24)22-20-11-12-8-15(26-2)10-16(9-12)27-3/h4-11H,1-3H3,(H,22,24)/b20-11+. The lowest BCUT2D eigenvalue weighted by Gasteiger charge is -2.05. The van der Waals surface area contributed by atoms with E-state index in [1.54, 1.807) is 63.8 Å². The van der Waals surface area contributed by atoms with Crippen LogP contribution in [0.2, 0.25) is 0 Å². The van der Waals surface area contributed by atoms with Crippen LogP contribution in [0, 0.1) is 0 Å². The Labute approximate surface area is 160 Å². The Hall–Kier alpha value is -3.88. The number of aromatic nitrogens is 2. The molecule has 3 aromatic rings. The molecule has 0 bridgehead atoms. The summed E-state index contributed by atoms with van der Waals surface area (Å²) >= 11 is 0. The molecule has 3 rings (SSSR count). The van der Waals surface area contributed by atoms with E-state index in [1.165, 1.54) is 6.21 Å². The molecule has 0 aliphatic rings. The maximum absolute atomic E-state index is 12.1. The van der Waals surface area contributed by atoms with Crippen LogP contribution in [0.5, 0.6) is 17.2 Å². The van der Waals surface area contributed by atoms with Crippen LogP contribution in [0.25, 0.3) is 11.4 Å². The zero-order valence-corrected chi connectivity index (χ0v) is 15.5. The predicted octanol–water partition coefficient (Wildman–Crippen LogP) is 2.53. The summed E-state index contributed by atoms with van der Waals surface area (Å²) in [5.74, 6) is 1.37. The van der Waals surface area contributed by atoms with Crippen LogP contribution in [0.15, 0.2) is 52.1 Å². The molecule has 0 spiro atoms. The number of rotatable bonds is 7. The Morgan fingerprint density at radius 1 is 1.00 bits per heavy atom. The largest absolute Gasteiger partial charge is 0.497 e. The summed E-state index contributed by atoms with van der Waals surface area (Å²) in [6.45, 7) is 0. The number of amides is 1. The molecule has 0 aliphatic carbocycles. The normalized spacial score (nSPS) is 10.7. The molecule has 1 aromatic heterocycles. The van der Waals surface area contributed by atoms with E-state index in [1.807, 2.05) is 0 Å². The third-order valence-electron chi connectivity index (χ3n) is 3.72. The van der Waals surface area contributed by atoms with Gasteiger partial charge in [0.15, 0.2) is 0 Å². The Morgan fingerprint density at radius 2 is 1.64 bits per heavy atom. The zero-order chi connectivity index (χ0) is 19.9. The second-order valence-corrected chi connectivity index (χ2v) is 5.50. The molecule has 2 aromatic carbocycles. The van der Waals surface area contributed by atoms with Gasteiger partial charge in [-0.15, -0.1) is 0 Å². The average molecular weight is 382 g/mol. The molecule has 0 aliphatic heterocycles. The van der Waals surface area contributed by atoms with E-state index in [4.69, 9.17) is 18.7 Å². The van der Waals surface area contributed by atoms with Gasteiger partial charge >= 0.3 is 11.8 Å². The fourth-order valence-corrected chi connectivity index (χ4v) is 2.29. The third kappa shape index (κ3) is 4.44. The minimum atomic E-state index is -0.627. The van der Waals surface area contributed by atoms with Gasteiger partial charge in [0.25, 0.3) is 0 Å². The fourth-order valence-electron chi connectivity index (χ4n) is 2.29. The smallest absolute Gasteiger partial charge is 0.329 e. The molecule has 0 saturated carbocycles. The molecule has 0 fully saturated rings. The number of carbonyl (C=O) groups excluding carboxylic acids is 1. The number of carbonyl (C=O) groups is 1. The Morgan fingerprint density at radius 3 is 2.25 bits per heavy atom. The number of methoxy groups -OCH3 is 3. The lowest BCUT2D eigenvalue weighted by Crippen LogP contribution is -2.18. The van der Waals surface area contributed by atoms with E-state index >= 15 is 0 Å². The summed E-state index contributed by atoms with van der Waals surface area (Å²) in [6.07, 6.45) is 1.45. The van der Waals surface area contributed by atoms with Crippen molar-refractivity contribution in [3.8, 4) is 28.6 Å². The van der Waals surface area contributed by atoms with Crippen LogP contribution in [0.1, 0.15) is 16.2 Å². The minimum absolute atomic E-state index is 0.203. The molecule has 28 heavy (non-hydrogen) atoms. The highest BCUT2D eigenvalue weighted by atomic mass is 16.5. The number of hydrazone groups is 1. The van der Waals surface area contributed by atoms with Crippen molar-refractivity contribution in [2.45, 2.75) is 0 Å². The van der Waals surface area contributed by atoms with Crippen LogP contribution in [-0.2, 0) is 0 Å². The molecule has 1 heterocycles. The van der Waals surface area contributed by atoms with Crippen molar-refractivity contribution in [3.05, 3.63) is 53.9 Å². The van der Waals surface area contributed by atoms with Gasteiger partial charge in [-0.2, -0.15) is 10.1 Å². The summed E-state index contributed by atoms with van der Waals surface area (Å²) in [7, 11) is 4.68. The molecule has 0 unspecified atom stereocenters. The highest BCUT2D eigenvalue weighted by Gasteiger charge is 2.15. The topological polar surface area (TPSA) is 108 Å². The SMILES string of the molecule is COc1ccc(-c2noc(C(=O)N/N=C/c3cc(OC)cc(OC)c3)n2)cc1. The first-order valence-electron chi connectivity index (χ1n) is 8.17. The Bertz CT molecular complexity index is 960. The molecular weight excluding hydrogens is 364 g/mol. The van der Waals surface area contributed by atoms with Gasteiger partial charge in [-0.1, -0.05) is 5.16 Å². The molecule has 9 heteroatoms. The first kappa shape index (κ1) is 18.9. The molecule has 1 amide bonds. The third-order valence-corrected chi connectivity index (χ3v) is 3.72. The summed E-state index contributed by atoms with van der Waals surface area (Å²) in [6, 6.07) is 12.3. The van der Waals surface area contributed by atoms with E-state index < -0.39 is 5.91 Å². The van der Waals surface area contributed by atoms with Gasteiger partial charge in [-0.25, -0.2) is 5.43 Å². The summed E-state index contributed by atoms with van der Waals surface area (Å²) < 4.78 is 20.5. The molecule has 0 atom stereocenters.